The van der Waals surface area contributed by atoms with Crippen molar-refractivity contribution in [2.24, 2.45) is 0 Å². The van der Waals surface area contributed by atoms with E-state index in [-0.39, 0.29) is 12.4 Å². The van der Waals surface area contributed by atoms with Crippen LogP contribution in [-0.4, -0.2) is 46.9 Å². The molecule has 1 fully saturated rings. The third kappa shape index (κ3) is 3.06. The van der Waals surface area contributed by atoms with E-state index in [1.54, 1.807) is 0 Å². The Balaban J connectivity index is 2.21. The zero-order valence-electron chi connectivity index (χ0n) is 11.3. The zero-order chi connectivity index (χ0) is 15.6. The molecule has 2 heterocycles. The number of hydrogen-bond donors (Lipinski definition) is 2. The fourth-order valence-corrected chi connectivity index (χ4v) is 1.99. The van der Waals surface area contributed by atoms with Gasteiger partial charge >= 0.3 is 11.6 Å². The van der Waals surface area contributed by atoms with Crippen molar-refractivity contribution < 1.29 is 23.3 Å². The first-order valence-electron chi connectivity index (χ1n) is 6.37. The number of nitrogens with two attached hydrogens (primary N) is 1. The van der Waals surface area contributed by atoms with Crippen LogP contribution in [0.5, 0.6) is 0 Å². The molecule has 1 aliphatic rings. The van der Waals surface area contributed by atoms with E-state index in [0.29, 0.717) is 10.9 Å². The molecule has 1 saturated heterocycles. The molecular weight excluding hydrogens is 287 g/mol. The summed E-state index contributed by atoms with van der Waals surface area (Å²) in [4.78, 5) is 15.0. The van der Waals surface area contributed by atoms with Crippen LogP contribution in [0.1, 0.15) is 13.2 Å². The highest BCUT2D eigenvalue weighted by atomic mass is 19.3. The molecule has 0 amide bonds. The van der Waals surface area contributed by atoms with Crippen LogP contribution < -0.4 is 11.4 Å². The molecule has 3 atom stereocenters. The number of anilines is 1. The molecule has 1 aromatic rings. The SMILES string of the molecule is CC[B]OC[C@H]1O[C@@H](n2ccc(N)nc2=O)C(F)(F)C1O. The number of ether oxygens (including phenoxy) is 1. The van der Waals surface area contributed by atoms with Crippen molar-refractivity contribution in [3.8, 4) is 0 Å². The highest BCUT2D eigenvalue weighted by Gasteiger charge is 2.59. The molecule has 0 bridgehead atoms. The average molecular weight is 302 g/mol. The van der Waals surface area contributed by atoms with Gasteiger partial charge < -0.3 is 20.2 Å². The number of nitrogens with zero attached hydrogens (tertiary/aromatic N) is 2. The molecule has 2 rings (SSSR count). The lowest BCUT2D eigenvalue weighted by molar-refractivity contribution is -0.140. The minimum Gasteiger partial charge on any atom is -0.438 e. The van der Waals surface area contributed by atoms with E-state index in [9.17, 15) is 18.7 Å². The topological polar surface area (TPSA) is 99.6 Å². The van der Waals surface area contributed by atoms with Gasteiger partial charge in [0.25, 0.3) is 7.48 Å². The minimum absolute atomic E-state index is 0.0875. The number of aromatic nitrogens is 2. The number of halogens is 2. The van der Waals surface area contributed by atoms with Gasteiger partial charge in [-0.2, -0.15) is 13.8 Å². The molecular formula is C11H15BF2N3O4. The van der Waals surface area contributed by atoms with Crippen LogP contribution in [0.25, 0.3) is 0 Å². The number of hydrogen-bond acceptors (Lipinski definition) is 6. The van der Waals surface area contributed by atoms with Crippen LogP contribution in [-0.2, 0) is 9.39 Å². The van der Waals surface area contributed by atoms with Crippen LogP contribution in [0, 0.1) is 0 Å². The van der Waals surface area contributed by atoms with Gasteiger partial charge in [-0.15, -0.1) is 0 Å². The molecule has 1 radical (unpaired) electrons. The van der Waals surface area contributed by atoms with Crippen LogP contribution >= 0.6 is 0 Å². The van der Waals surface area contributed by atoms with Crippen LogP contribution in [0.4, 0.5) is 14.6 Å². The highest BCUT2D eigenvalue weighted by molar-refractivity contribution is 6.26. The third-order valence-corrected chi connectivity index (χ3v) is 3.03. The van der Waals surface area contributed by atoms with Crippen molar-refractivity contribution in [2.45, 2.75) is 37.6 Å². The molecule has 0 saturated carbocycles. The Labute approximate surface area is 120 Å². The fraction of sp³-hybridized carbons (Fsp3) is 0.636. The van der Waals surface area contributed by atoms with Gasteiger partial charge in [0.05, 0.1) is 6.61 Å². The number of aliphatic hydroxyl groups excluding tert-OH is 1. The maximum Gasteiger partial charge on any atom is 0.351 e. The van der Waals surface area contributed by atoms with Crippen molar-refractivity contribution in [1.82, 2.24) is 9.55 Å². The van der Waals surface area contributed by atoms with Crippen molar-refractivity contribution >= 4 is 13.3 Å². The van der Waals surface area contributed by atoms with Gasteiger partial charge in [0, 0.05) is 6.20 Å². The molecule has 0 aromatic carbocycles. The summed E-state index contributed by atoms with van der Waals surface area (Å²) >= 11 is 0. The summed E-state index contributed by atoms with van der Waals surface area (Å²) in [6.45, 7) is 1.57. The van der Waals surface area contributed by atoms with Gasteiger partial charge in [-0.1, -0.05) is 13.2 Å². The monoisotopic (exact) mass is 302 g/mol. The lowest BCUT2D eigenvalue weighted by Crippen LogP contribution is -2.42. The Morgan fingerprint density at radius 3 is 3.00 bits per heavy atom. The van der Waals surface area contributed by atoms with Crippen LogP contribution in [0.3, 0.4) is 0 Å². The number of aliphatic hydroxyl groups is 1. The maximum atomic E-state index is 14.1. The normalized spacial score (nSPS) is 27.7. The molecule has 1 aromatic heterocycles. The highest BCUT2D eigenvalue weighted by Crippen LogP contribution is 2.42. The second-order valence-electron chi connectivity index (χ2n) is 4.60. The van der Waals surface area contributed by atoms with E-state index in [0.717, 1.165) is 6.20 Å². The standard InChI is InChI=1S/C11H15BF2N3O4/c1-2-12-20-5-6-8(18)11(13,14)9(21-6)17-4-3-7(15)16-10(17)19/h3-4,6,8-9,18H,2,5H2,1H3,(H2,15,16,19)/t6-,8?,9-/m1/s1. The van der Waals surface area contributed by atoms with Gasteiger partial charge in [0.1, 0.15) is 11.9 Å². The van der Waals surface area contributed by atoms with Crippen molar-refractivity contribution in [3.05, 3.63) is 22.7 Å². The molecule has 1 aliphatic heterocycles. The number of rotatable bonds is 5. The van der Waals surface area contributed by atoms with Gasteiger partial charge in [-0.3, -0.25) is 4.57 Å². The van der Waals surface area contributed by atoms with E-state index >= 15 is 0 Å². The molecule has 0 spiro atoms. The summed E-state index contributed by atoms with van der Waals surface area (Å²) in [5, 5.41) is 9.66. The van der Waals surface area contributed by atoms with E-state index in [1.165, 1.54) is 13.5 Å². The van der Waals surface area contributed by atoms with E-state index < -0.39 is 30.0 Å². The predicted molar refractivity (Wildman–Crippen MR) is 70.0 cm³/mol. The summed E-state index contributed by atoms with van der Waals surface area (Å²) in [6.07, 6.45) is -3.65. The Kier molecular flexibility index (Phi) is 4.59. The lowest BCUT2D eigenvalue weighted by Gasteiger charge is -2.20. The quantitative estimate of drug-likeness (QED) is 0.577. The molecule has 3 N–H and O–H groups in total. The first-order valence-corrected chi connectivity index (χ1v) is 6.37. The zero-order valence-corrected chi connectivity index (χ0v) is 11.3. The Morgan fingerprint density at radius 1 is 1.67 bits per heavy atom. The number of nitrogen functional groups attached to an aromatic ring is 1. The van der Waals surface area contributed by atoms with Gasteiger partial charge in [-0.25, -0.2) is 4.79 Å². The summed E-state index contributed by atoms with van der Waals surface area (Å²) in [6, 6.07) is 1.20. The third-order valence-electron chi connectivity index (χ3n) is 3.03. The van der Waals surface area contributed by atoms with Crippen molar-refractivity contribution in [2.75, 3.05) is 12.3 Å². The summed E-state index contributed by atoms with van der Waals surface area (Å²) in [5.74, 6) is -3.74. The van der Waals surface area contributed by atoms with Gasteiger partial charge in [-0.05, 0) is 6.07 Å². The van der Waals surface area contributed by atoms with Gasteiger partial charge in [0.15, 0.2) is 6.10 Å². The Hall–Kier alpha value is -1.52. The molecule has 115 valence electrons. The van der Waals surface area contributed by atoms with E-state index in [1.807, 2.05) is 6.92 Å². The van der Waals surface area contributed by atoms with E-state index in [2.05, 4.69) is 4.98 Å². The first kappa shape index (κ1) is 15.9. The molecule has 0 aliphatic carbocycles. The largest absolute Gasteiger partial charge is 0.438 e. The fourth-order valence-electron chi connectivity index (χ4n) is 1.99. The van der Waals surface area contributed by atoms with Crippen molar-refractivity contribution in [3.63, 3.8) is 0 Å². The second-order valence-corrected chi connectivity index (χ2v) is 4.60. The lowest BCUT2D eigenvalue weighted by atomic mass is 9.97. The molecule has 1 unspecified atom stereocenters. The van der Waals surface area contributed by atoms with Gasteiger partial charge in [0.2, 0.25) is 6.23 Å². The summed E-state index contributed by atoms with van der Waals surface area (Å²) in [7, 11) is 1.42. The van der Waals surface area contributed by atoms with Crippen LogP contribution in [0.15, 0.2) is 17.1 Å². The number of alkyl halides is 2. The summed E-state index contributed by atoms with van der Waals surface area (Å²) < 4.78 is 38.8. The average Bonchev–Trinajstić information content (AvgIpc) is 2.63. The summed E-state index contributed by atoms with van der Waals surface area (Å²) in [5.41, 5.74) is 4.32. The van der Waals surface area contributed by atoms with E-state index in [4.69, 9.17) is 15.1 Å². The Morgan fingerprint density at radius 2 is 2.38 bits per heavy atom. The predicted octanol–water partition coefficient (Wildman–Crippen LogP) is -0.207. The molecule has 7 nitrogen and oxygen atoms in total. The first-order chi connectivity index (χ1) is 9.87. The molecule has 10 heteroatoms. The minimum atomic E-state index is -3.65. The maximum absolute atomic E-state index is 14.1. The van der Waals surface area contributed by atoms with Crippen LogP contribution in [0.2, 0.25) is 6.32 Å². The second kappa shape index (κ2) is 6.08. The molecule has 21 heavy (non-hydrogen) atoms. The smallest absolute Gasteiger partial charge is 0.351 e. The van der Waals surface area contributed by atoms with Crippen molar-refractivity contribution in [1.29, 1.82) is 0 Å². The Bertz CT molecular complexity index is 557.